The van der Waals surface area contributed by atoms with Crippen molar-refractivity contribution < 1.29 is 19.0 Å². The van der Waals surface area contributed by atoms with Gasteiger partial charge in [0.05, 0.1) is 23.4 Å². The van der Waals surface area contributed by atoms with Crippen LogP contribution >= 0.6 is 23.1 Å². The van der Waals surface area contributed by atoms with E-state index in [-0.39, 0.29) is 29.6 Å². The predicted octanol–water partition coefficient (Wildman–Crippen LogP) is 3.40. The quantitative estimate of drug-likeness (QED) is 0.385. The van der Waals surface area contributed by atoms with Crippen molar-refractivity contribution in [1.82, 2.24) is 14.9 Å². The van der Waals surface area contributed by atoms with Gasteiger partial charge in [0.25, 0.3) is 5.56 Å². The van der Waals surface area contributed by atoms with Crippen LogP contribution in [0.2, 0.25) is 0 Å². The number of aromatic nitrogens is 2. The molecule has 3 aromatic rings. The maximum Gasteiger partial charge on any atom is 0.272 e. The lowest BCUT2D eigenvalue weighted by molar-refractivity contribution is -0.121. The first kappa shape index (κ1) is 22.2. The first-order valence-electron chi connectivity index (χ1n) is 11.0. The van der Waals surface area contributed by atoms with Gasteiger partial charge in [-0.2, -0.15) is 0 Å². The molecule has 0 bridgehead atoms. The van der Waals surface area contributed by atoms with Crippen LogP contribution in [-0.4, -0.2) is 46.8 Å². The number of nitrogens with zero attached hydrogens (tertiary/aromatic N) is 2. The van der Waals surface area contributed by atoms with Crippen LogP contribution in [0.5, 0.6) is 11.5 Å². The number of benzene rings is 1. The molecule has 4 heterocycles. The Kier molecular flexibility index (Phi) is 6.57. The number of thiophene rings is 1. The molecular weight excluding hydrogens is 462 g/mol. The molecule has 1 saturated heterocycles. The molecule has 1 fully saturated rings. The van der Waals surface area contributed by atoms with Crippen LogP contribution in [0.3, 0.4) is 0 Å². The van der Waals surface area contributed by atoms with Gasteiger partial charge in [-0.15, -0.1) is 11.3 Å². The van der Waals surface area contributed by atoms with E-state index in [2.05, 4.69) is 5.32 Å². The van der Waals surface area contributed by atoms with Gasteiger partial charge >= 0.3 is 0 Å². The van der Waals surface area contributed by atoms with Gasteiger partial charge in [0.15, 0.2) is 16.7 Å². The predicted molar refractivity (Wildman–Crippen MR) is 127 cm³/mol. The van der Waals surface area contributed by atoms with Gasteiger partial charge in [0, 0.05) is 13.2 Å². The van der Waals surface area contributed by atoms with Crippen molar-refractivity contribution in [2.75, 3.05) is 19.9 Å². The highest BCUT2D eigenvalue weighted by atomic mass is 32.2. The van der Waals surface area contributed by atoms with Crippen LogP contribution in [-0.2, 0) is 16.1 Å². The van der Waals surface area contributed by atoms with Crippen molar-refractivity contribution in [2.24, 2.45) is 0 Å². The van der Waals surface area contributed by atoms with Gasteiger partial charge in [0.2, 0.25) is 12.7 Å². The third-order valence-corrected chi connectivity index (χ3v) is 7.99. The van der Waals surface area contributed by atoms with Crippen LogP contribution in [0.1, 0.15) is 31.7 Å². The van der Waals surface area contributed by atoms with E-state index in [0.29, 0.717) is 46.4 Å². The molecule has 10 heteroatoms. The molecule has 5 rings (SSSR count). The third kappa shape index (κ3) is 4.73. The number of carbonyl (C=O) groups excluding carboxylic acids is 1. The van der Waals surface area contributed by atoms with Gasteiger partial charge in [-0.05, 0) is 48.4 Å². The van der Waals surface area contributed by atoms with E-state index >= 15 is 0 Å². The molecule has 0 spiro atoms. The summed E-state index contributed by atoms with van der Waals surface area (Å²) in [5.41, 5.74) is 1.45. The summed E-state index contributed by atoms with van der Waals surface area (Å²) in [4.78, 5) is 31.0. The van der Waals surface area contributed by atoms with E-state index in [1.807, 2.05) is 36.6 Å². The first-order chi connectivity index (χ1) is 16.1. The SMILES string of the molecule is CC[C@H](Sc1nc2ccsc2c(=O)n1Cc1ccc2c(c1)OCO2)C(=O)NC[C@@H]1CCCO1. The zero-order valence-corrected chi connectivity index (χ0v) is 19.9. The number of carbonyl (C=O) groups is 1. The minimum Gasteiger partial charge on any atom is -0.454 e. The van der Waals surface area contributed by atoms with Gasteiger partial charge in [-0.1, -0.05) is 24.8 Å². The van der Waals surface area contributed by atoms with Gasteiger partial charge in [0.1, 0.15) is 4.70 Å². The zero-order valence-electron chi connectivity index (χ0n) is 18.2. The number of amides is 1. The number of thioether (sulfide) groups is 1. The number of ether oxygens (including phenoxy) is 3. The minimum absolute atomic E-state index is 0.0627. The van der Waals surface area contributed by atoms with E-state index in [9.17, 15) is 9.59 Å². The molecule has 1 aromatic carbocycles. The molecule has 2 aliphatic rings. The molecule has 33 heavy (non-hydrogen) atoms. The Hall–Kier alpha value is -2.56. The number of rotatable bonds is 8. The van der Waals surface area contributed by atoms with Crippen molar-refractivity contribution in [2.45, 2.75) is 49.2 Å². The van der Waals surface area contributed by atoms with E-state index in [0.717, 1.165) is 25.0 Å². The summed E-state index contributed by atoms with van der Waals surface area (Å²) < 4.78 is 18.7. The fourth-order valence-electron chi connectivity index (χ4n) is 3.96. The number of hydrogen-bond acceptors (Lipinski definition) is 8. The van der Waals surface area contributed by atoms with Crippen molar-refractivity contribution in [3.63, 3.8) is 0 Å². The topological polar surface area (TPSA) is 91.7 Å². The third-order valence-electron chi connectivity index (χ3n) is 5.75. The second-order valence-corrected chi connectivity index (χ2v) is 10.1. The Balaban J connectivity index is 1.41. The minimum atomic E-state index is -0.364. The van der Waals surface area contributed by atoms with Gasteiger partial charge < -0.3 is 19.5 Å². The molecule has 2 aromatic heterocycles. The Morgan fingerprint density at radius 1 is 1.33 bits per heavy atom. The summed E-state index contributed by atoms with van der Waals surface area (Å²) in [5, 5.41) is 5.04. The van der Waals surface area contributed by atoms with Crippen LogP contribution < -0.4 is 20.3 Å². The molecule has 174 valence electrons. The molecule has 1 amide bonds. The maximum absolute atomic E-state index is 13.3. The molecule has 1 N–H and O–H groups in total. The Morgan fingerprint density at radius 2 is 2.21 bits per heavy atom. The summed E-state index contributed by atoms with van der Waals surface area (Å²) >= 11 is 2.71. The molecule has 2 aliphatic heterocycles. The largest absolute Gasteiger partial charge is 0.454 e. The molecule has 8 nitrogen and oxygen atoms in total. The van der Waals surface area contributed by atoms with E-state index in [1.165, 1.54) is 23.1 Å². The Bertz CT molecular complexity index is 1220. The Labute approximate surface area is 199 Å². The molecule has 0 saturated carbocycles. The van der Waals surface area contributed by atoms with Crippen molar-refractivity contribution >= 4 is 39.2 Å². The van der Waals surface area contributed by atoms with Gasteiger partial charge in [-0.25, -0.2) is 4.98 Å². The number of fused-ring (bicyclic) bond motifs is 2. The van der Waals surface area contributed by atoms with Crippen LogP contribution in [0, 0.1) is 0 Å². The monoisotopic (exact) mass is 487 g/mol. The number of nitrogens with one attached hydrogen (secondary N) is 1. The number of hydrogen-bond donors (Lipinski definition) is 1. The maximum atomic E-state index is 13.3. The normalized spacial score (nSPS) is 18.0. The molecule has 2 atom stereocenters. The van der Waals surface area contributed by atoms with Crippen molar-refractivity contribution in [1.29, 1.82) is 0 Å². The summed E-state index contributed by atoms with van der Waals surface area (Å²) in [5.74, 6) is 1.30. The van der Waals surface area contributed by atoms with Crippen LogP contribution in [0.4, 0.5) is 0 Å². The summed E-state index contributed by atoms with van der Waals surface area (Å²) in [6, 6.07) is 7.49. The zero-order chi connectivity index (χ0) is 22.8. The highest BCUT2D eigenvalue weighted by Crippen LogP contribution is 2.33. The van der Waals surface area contributed by atoms with Crippen LogP contribution in [0.15, 0.2) is 39.6 Å². The first-order valence-corrected chi connectivity index (χ1v) is 12.8. The highest BCUT2D eigenvalue weighted by molar-refractivity contribution is 8.00. The summed E-state index contributed by atoms with van der Waals surface area (Å²) in [6.45, 7) is 3.75. The van der Waals surface area contributed by atoms with E-state index in [4.69, 9.17) is 19.2 Å². The lowest BCUT2D eigenvalue weighted by Gasteiger charge is -2.18. The molecule has 0 aliphatic carbocycles. The van der Waals surface area contributed by atoms with E-state index < -0.39 is 0 Å². The second-order valence-electron chi connectivity index (χ2n) is 8.00. The Morgan fingerprint density at radius 3 is 3.03 bits per heavy atom. The smallest absolute Gasteiger partial charge is 0.272 e. The summed E-state index contributed by atoms with van der Waals surface area (Å²) in [6.07, 6.45) is 2.70. The molecule has 0 unspecified atom stereocenters. The molecule has 0 radical (unpaired) electrons. The van der Waals surface area contributed by atoms with Crippen molar-refractivity contribution in [3.8, 4) is 11.5 Å². The lowest BCUT2D eigenvalue weighted by Crippen LogP contribution is -2.37. The average Bonchev–Trinajstić information content (AvgIpc) is 3.59. The fraction of sp³-hybridized carbons (Fsp3) is 0.435. The second kappa shape index (κ2) is 9.74. The van der Waals surface area contributed by atoms with Gasteiger partial charge in [-0.3, -0.25) is 14.2 Å². The molecular formula is C23H25N3O5S2. The van der Waals surface area contributed by atoms with E-state index in [1.54, 1.807) is 4.57 Å². The summed E-state index contributed by atoms with van der Waals surface area (Å²) in [7, 11) is 0. The average molecular weight is 488 g/mol. The van der Waals surface area contributed by atoms with Crippen LogP contribution in [0.25, 0.3) is 10.2 Å². The highest BCUT2D eigenvalue weighted by Gasteiger charge is 2.24. The fourth-order valence-corrected chi connectivity index (χ4v) is 5.77. The lowest BCUT2D eigenvalue weighted by atomic mass is 10.2. The van der Waals surface area contributed by atoms with Crippen molar-refractivity contribution in [3.05, 3.63) is 45.6 Å². The standard InChI is InChI=1S/C23H25N3O5S2/c1-2-19(21(27)24-11-15-4-3-8-29-15)33-23-25-16-7-9-32-20(16)22(28)26(23)12-14-5-6-17-18(10-14)31-13-30-17/h5-7,9-10,15,19H,2-4,8,11-13H2,1H3,(H,24,27)/t15-,19-/m0/s1.